The van der Waals surface area contributed by atoms with Crippen LogP contribution in [0.2, 0.25) is 0 Å². The van der Waals surface area contributed by atoms with E-state index in [0.717, 1.165) is 17.2 Å². The predicted octanol–water partition coefficient (Wildman–Crippen LogP) is 4.69. The molecule has 32 heavy (non-hydrogen) atoms. The molecule has 0 radical (unpaired) electrons. The van der Waals surface area contributed by atoms with Crippen LogP contribution in [0.15, 0.2) is 48.5 Å². The first-order chi connectivity index (χ1) is 15.2. The lowest BCUT2D eigenvalue weighted by atomic mass is 10.1. The van der Waals surface area contributed by atoms with E-state index >= 15 is 0 Å². The molecule has 10 heteroatoms. The summed E-state index contributed by atoms with van der Waals surface area (Å²) >= 11 is 0. The fourth-order valence-electron chi connectivity index (χ4n) is 3.14. The fraction of sp³-hybridized carbons (Fsp3) is 0.182. The number of nitrogens with one attached hydrogen (secondary N) is 1. The van der Waals surface area contributed by atoms with Gasteiger partial charge in [-0.15, -0.1) is 5.10 Å². The second kappa shape index (κ2) is 7.95. The summed E-state index contributed by atoms with van der Waals surface area (Å²) in [5, 5.41) is 6.43. The van der Waals surface area contributed by atoms with Gasteiger partial charge in [-0.2, -0.15) is 22.7 Å². The Morgan fingerprint density at radius 3 is 2.44 bits per heavy atom. The Hall–Kier alpha value is -3.95. The van der Waals surface area contributed by atoms with Crippen molar-refractivity contribution in [3.8, 4) is 17.0 Å². The smallest absolute Gasteiger partial charge is 0.433 e. The van der Waals surface area contributed by atoms with E-state index < -0.39 is 23.6 Å². The van der Waals surface area contributed by atoms with E-state index in [4.69, 9.17) is 4.74 Å². The molecule has 0 unspecified atom stereocenters. The van der Waals surface area contributed by atoms with E-state index in [9.17, 15) is 18.0 Å². The molecule has 2 heterocycles. The molecule has 0 atom stereocenters. The molecule has 1 N–H and O–H groups in total. The highest BCUT2D eigenvalue weighted by atomic mass is 19.4. The number of fused-ring (bicyclic) bond motifs is 1. The molecule has 2 aromatic heterocycles. The number of anilines is 1. The fourth-order valence-corrected chi connectivity index (χ4v) is 3.14. The Morgan fingerprint density at radius 2 is 1.78 bits per heavy atom. The number of alkyl halides is 3. The Labute approximate surface area is 180 Å². The van der Waals surface area contributed by atoms with Crippen molar-refractivity contribution in [3.05, 3.63) is 71.2 Å². The molecule has 0 bridgehead atoms. The summed E-state index contributed by atoms with van der Waals surface area (Å²) in [6.07, 6.45) is -4.74. The lowest BCUT2D eigenvalue weighted by Gasteiger charge is -2.10. The lowest BCUT2D eigenvalue weighted by Crippen LogP contribution is -2.16. The average Bonchev–Trinajstić information content (AvgIpc) is 3.20. The van der Waals surface area contributed by atoms with Gasteiger partial charge in [-0.1, -0.05) is 12.1 Å². The number of aryl methyl sites for hydroxylation is 1. The van der Waals surface area contributed by atoms with Gasteiger partial charge in [-0.25, -0.2) is 4.98 Å². The third-order valence-electron chi connectivity index (χ3n) is 5.04. The van der Waals surface area contributed by atoms with Crippen LogP contribution in [-0.4, -0.2) is 32.6 Å². The first-order valence-electron chi connectivity index (χ1n) is 9.54. The Morgan fingerprint density at radius 1 is 1.06 bits per heavy atom. The number of nitrogens with zero attached hydrogens (tertiary/aromatic N) is 4. The quantitative estimate of drug-likeness (QED) is 0.497. The van der Waals surface area contributed by atoms with E-state index in [0.29, 0.717) is 21.5 Å². The van der Waals surface area contributed by atoms with Gasteiger partial charge in [0.1, 0.15) is 5.75 Å². The number of hydrogen-bond donors (Lipinski definition) is 1. The molecule has 0 aliphatic rings. The number of carbonyl (C=O) groups excluding carboxylic acids is 1. The first-order valence-corrected chi connectivity index (χ1v) is 9.54. The van der Waals surface area contributed by atoms with Crippen LogP contribution in [0.5, 0.6) is 5.75 Å². The minimum Gasteiger partial charge on any atom is -0.497 e. The van der Waals surface area contributed by atoms with Gasteiger partial charge in [0.2, 0.25) is 5.82 Å². The normalized spacial score (nSPS) is 11.6. The second-order valence-corrected chi connectivity index (χ2v) is 7.10. The number of ether oxygens (including phenoxy) is 1. The highest BCUT2D eigenvalue weighted by Crippen LogP contribution is 2.32. The van der Waals surface area contributed by atoms with Gasteiger partial charge >= 0.3 is 6.18 Å². The van der Waals surface area contributed by atoms with Gasteiger partial charge in [0.05, 0.1) is 12.8 Å². The summed E-state index contributed by atoms with van der Waals surface area (Å²) < 4.78 is 46.9. The summed E-state index contributed by atoms with van der Waals surface area (Å²) in [5.74, 6) is -0.936. The zero-order chi connectivity index (χ0) is 23.0. The SMILES string of the molecule is COc1ccc(-c2cc(C(F)(F)F)n3nc(C(=O)Nc4cccc(C)c4C)nc3n2)cc1. The number of hydrogen-bond acceptors (Lipinski definition) is 5. The summed E-state index contributed by atoms with van der Waals surface area (Å²) in [6, 6.07) is 12.6. The first kappa shape index (κ1) is 21.3. The Bertz CT molecular complexity index is 1310. The monoisotopic (exact) mass is 441 g/mol. The zero-order valence-corrected chi connectivity index (χ0v) is 17.4. The summed E-state index contributed by atoms with van der Waals surface area (Å²) in [5.41, 5.74) is 1.70. The highest BCUT2D eigenvalue weighted by molar-refractivity contribution is 6.02. The molecule has 7 nitrogen and oxygen atoms in total. The van der Waals surface area contributed by atoms with Crippen molar-refractivity contribution in [2.45, 2.75) is 20.0 Å². The minimum atomic E-state index is -4.74. The molecule has 0 fully saturated rings. The molecule has 2 aromatic carbocycles. The number of rotatable bonds is 4. The van der Waals surface area contributed by atoms with Crippen molar-refractivity contribution < 1.29 is 22.7 Å². The summed E-state index contributed by atoms with van der Waals surface area (Å²) in [4.78, 5) is 20.8. The van der Waals surface area contributed by atoms with Gasteiger partial charge in [0.25, 0.3) is 11.7 Å². The van der Waals surface area contributed by atoms with Gasteiger partial charge in [0.15, 0.2) is 5.69 Å². The molecular weight excluding hydrogens is 423 g/mol. The number of amides is 1. The number of halogens is 3. The number of benzene rings is 2. The lowest BCUT2D eigenvalue weighted by molar-refractivity contribution is -0.142. The Balaban J connectivity index is 1.78. The van der Waals surface area contributed by atoms with Crippen molar-refractivity contribution in [2.75, 3.05) is 12.4 Å². The van der Waals surface area contributed by atoms with Crippen molar-refractivity contribution in [1.82, 2.24) is 19.6 Å². The van der Waals surface area contributed by atoms with Crippen LogP contribution in [0.25, 0.3) is 17.0 Å². The van der Waals surface area contributed by atoms with Gasteiger partial charge in [0, 0.05) is 11.3 Å². The van der Waals surface area contributed by atoms with Gasteiger partial charge in [-0.05, 0) is 61.4 Å². The van der Waals surface area contributed by atoms with E-state index in [1.807, 2.05) is 19.9 Å². The second-order valence-electron chi connectivity index (χ2n) is 7.10. The molecule has 4 aromatic rings. The average molecular weight is 441 g/mol. The minimum absolute atomic E-state index is 0.0429. The number of methoxy groups -OCH3 is 1. The summed E-state index contributed by atoms with van der Waals surface area (Å²) in [7, 11) is 1.49. The number of aromatic nitrogens is 4. The maximum atomic E-state index is 13.7. The van der Waals surface area contributed by atoms with Crippen molar-refractivity contribution >= 4 is 17.4 Å². The molecule has 164 valence electrons. The van der Waals surface area contributed by atoms with E-state index in [1.54, 1.807) is 36.4 Å². The molecule has 1 amide bonds. The van der Waals surface area contributed by atoms with Crippen LogP contribution in [0.4, 0.5) is 18.9 Å². The topological polar surface area (TPSA) is 81.4 Å². The predicted molar refractivity (Wildman–Crippen MR) is 112 cm³/mol. The molecule has 0 aliphatic carbocycles. The molecule has 0 saturated heterocycles. The molecular formula is C22H18F3N5O2. The van der Waals surface area contributed by atoms with Crippen molar-refractivity contribution in [2.24, 2.45) is 0 Å². The highest BCUT2D eigenvalue weighted by Gasteiger charge is 2.36. The Kier molecular flexibility index (Phi) is 5.29. The van der Waals surface area contributed by atoms with E-state index in [-0.39, 0.29) is 11.5 Å². The third kappa shape index (κ3) is 3.98. The largest absolute Gasteiger partial charge is 0.497 e. The standard InChI is InChI=1S/C22H18F3N5O2/c1-12-5-4-6-16(13(12)2)26-20(31)19-28-21-27-17(14-7-9-15(32-3)10-8-14)11-18(22(23,24)25)30(21)29-19/h4-11H,1-3H3,(H,26,31). The number of carbonyl (C=O) groups is 1. The zero-order valence-electron chi connectivity index (χ0n) is 17.4. The van der Waals surface area contributed by atoms with Crippen molar-refractivity contribution in [3.63, 3.8) is 0 Å². The van der Waals surface area contributed by atoms with Crippen LogP contribution in [-0.2, 0) is 6.18 Å². The maximum absolute atomic E-state index is 13.7. The van der Waals surface area contributed by atoms with Crippen LogP contribution >= 0.6 is 0 Å². The van der Waals surface area contributed by atoms with Gasteiger partial charge < -0.3 is 10.1 Å². The van der Waals surface area contributed by atoms with Gasteiger partial charge in [-0.3, -0.25) is 4.79 Å². The molecule has 0 aliphatic heterocycles. The van der Waals surface area contributed by atoms with Crippen LogP contribution in [0.1, 0.15) is 27.4 Å². The molecule has 4 rings (SSSR count). The summed E-state index contributed by atoms with van der Waals surface area (Å²) in [6.45, 7) is 3.71. The molecule has 0 spiro atoms. The van der Waals surface area contributed by atoms with E-state index in [1.165, 1.54) is 7.11 Å². The van der Waals surface area contributed by atoms with E-state index in [2.05, 4.69) is 20.4 Å². The maximum Gasteiger partial charge on any atom is 0.433 e. The third-order valence-corrected chi connectivity index (χ3v) is 5.04. The van der Waals surface area contributed by atoms with Crippen molar-refractivity contribution in [1.29, 1.82) is 0 Å². The molecule has 0 saturated carbocycles. The van der Waals surface area contributed by atoms with Crippen LogP contribution in [0, 0.1) is 13.8 Å². The van der Waals surface area contributed by atoms with Crippen LogP contribution < -0.4 is 10.1 Å². The van der Waals surface area contributed by atoms with Crippen LogP contribution in [0.3, 0.4) is 0 Å².